The maximum absolute atomic E-state index is 13.6. The van der Waals surface area contributed by atoms with Crippen molar-refractivity contribution in [2.75, 3.05) is 13.1 Å². The molecule has 1 aromatic heterocycles. The van der Waals surface area contributed by atoms with Crippen molar-refractivity contribution in [1.29, 1.82) is 0 Å². The van der Waals surface area contributed by atoms with E-state index in [1.54, 1.807) is 12.1 Å². The standard InChI is InChI=1S/C30H32FN3/c1-23-22-24(2)34(32-23)21-20-33(25(3)26-14-16-29(31)17-15-26)19-18-30(27-10-6-4-7-11-27)28-12-8-5-9-13-28/h4-18,22,25H,19-21H2,1-3H3/t25-/m1/s1. The van der Waals surface area contributed by atoms with Crippen LogP contribution in [0.1, 0.15) is 41.0 Å². The third-order valence-corrected chi connectivity index (χ3v) is 6.30. The van der Waals surface area contributed by atoms with Crippen LogP contribution in [0.2, 0.25) is 0 Å². The van der Waals surface area contributed by atoms with Crippen molar-refractivity contribution in [2.24, 2.45) is 0 Å². The number of halogens is 1. The van der Waals surface area contributed by atoms with Crippen LogP contribution < -0.4 is 0 Å². The minimum Gasteiger partial charge on any atom is -0.291 e. The zero-order valence-corrected chi connectivity index (χ0v) is 20.2. The highest BCUT2D eigenvalue weighted by molar-refractivity contribution is 5.79. The maximum atomic E-state index is 13.6. The molecule has 0 saturated heterocycles. The van der Waals surface area contributed by atoms with Gasteiger partial charge in [0.25, 0.3) is 0 Å². The number of aromatic nitrogens is 2. The van der Waals surface area contributed by atoms with Gasteiger partial charge in [-0.2, -0.15) is 5.10 Å². The Balaban J connectivity index is 1.64. The van der Waals surface area contributed by atoms with Crippen LogP contribution in [0.5, 0.6) is 0 Å². The molecule has 0 saturated carbocycles. The molecule has 0 aliphatic carbocycles. The van der Waals surface area contributed by atoms with E-state index in [0.717, 1.165) is 36.6 Å². The lowest BCUT2D eigenvalue weighted by molar-refractivity contribution is 0.221. The van der Waals surface area contributed by atoms with Crippen LogP contribution in [0.3, 0.4) is 0 Å². The molecule has 0 amide bonds. The molecule has 1 heterocycles. The Bertz CT molecular complexity index is 1170. The summed E-state index contributed by atoms with van der Waals surface area (Å²) in [6, 6.07) is 30.1. The molecule has 4 heteroatoms. The first-order valence-electron chi connectivity index (χ1n) is 11.8. The SMILES string of the molecule is Cc1cc(C)n(CCN(CC=C(c2ccccc2)c2ccccc2)[C@H](C)c2ccc(F)cc2)n1. The quantitative estimate of drug-likeness (QED) is 0.277. The highest BCUT2D eigenvalue weighted by Gasteiger charge is 2.17. The zero-order valence-electron chi connectivity index (χ0n) is 20.2. The molecular weight excluding hydrogens is 421 g/mol. The number of hydrogen-bond acceptors (Lipinski definition) is 2. The van der Waals surface area contributed by atoms with Crippen LogP contribution >= 0.6 is 0 Å². The topological polar surface area (TPSA) is 21.1 Å². The van der Waals surface area contributed by atoms with E-state index >= 15 is 0 Å². The first-order chi connectivity index (χ1) is 16.5. The Morgan fingerprint density at radius 2 is 1.50 bits per heavy atom. The minimum atomic E-state index is -0.208. The summed E-state index contributed by atoms with van der Waals surface area (Å²) in [4.78, 5) is 2.43. The monoisotopic (exact) mass is 453 g/mol. The van der Waals surface area contributed by atoms with Crippen molar-refractivity contribution in [3.63, 3.8) is 0 Å². The fourth-order valence-corrected chi connectivity index (χ4v) is 4.37. The lowest BCUT2D eigenvalue weighted by Crippen LogP contribution is -2.31. The minimum absolute atomic E-state index is 0.126. The fraction of sp³-hybridized carbons (Fsp3) is 0.233. The van der Waals surface area contributed by atoms with Gasteiger partial charge in [-0.1, -0.05) is 78.9 Å². The molecule has 0 aliphatic heterocycles. The molecule has 0 fully saturated rings. The predicted molar refractivity (Wildman–Crippen MR) is 138 cm³/mol. The first kappa shape index (κ1) is 23.7. The third-order valence-electron chi connectivity index (χ3n) is 6.30. The molecule has 0 bridgehead atoms. The molecule has 174 valence electrons. The molecule has 0 spiro atoms. The number of benzene rings is 3. The van der Waals surface area contributed by atoms with Gasteiger partial charge in [0.15, 0.2) is 0 Å². The summed E-state index contributed by atoms with van der Waals surface area (Å²) in [7, 11) is 0. The Kier molecular flexibility index (Phi) is 7.71. The van der Waals surface area contributed by atoms with E-state index in [-0.39, 0.29) is 11.9 Å². The molecule has 3 nitrogen and oxygen atoms in total. The van der Waals surface area contributed by atoms with Crippen LogP contribution in [-0.4, -0.2) is 27.8 Å². The molecular formula is C30H32FN3. The number of rotatable bonds is 9. The van der Waals surface area contributed by atoms with Crippen molar-refractivity contribution in [1.82, 2.24) is 14.7 Å². The van der Waals surface area contributed by atoms with Crippen molar-refractivity contribution in [3.05, 3.63) is 131 Å². The number of aryl methyl sites for hydroxylation is 2. The van der Waals surface area contributed by atoms with Crippen LogP contribution in [0.15, 0.2) is 97.1 Å². The van der Waals surface area contributed by atoms with Crippen LogP contribution in [0.4, 0.5) is 4.39 Å². The Labute approximate surface area is 202 Å². The summed E-state index contributed by atoms with van der Waals surface area (Å²) in [6.07, 6.45) is 2.31. The van der Waals surface area contributed by atoms with E-state index < -0.39 is 0 Å². The second-order valence-electron chi connectivity index (χ2n) is 8.72. The molecule has 0 N–H and O–H groups in total. The maximum Gasteiger partial charge on any atom is 0.123 e. The fourth-order valence-electron chi connectivity index (χ4n) is 4.37. The average molecular weight is 454 g/mol. The lowest BCUT2D eigenvalue weighted by Gasteiger charge is -2.29. The van der Waals surface area contributed by atoms with Gasteiger partial charge >= 0.3 is 0 Å². The molecule has 0 aliphatic rings. The van der Waals surface area contributed by atoms with Gasteiger partial charge in [0.1, 0.15) is 5.82 Å². The highest BCUT2D eigenvalue weighted by Crippen LogP contribution is 2.25. The van der Waals surface area contributed by atoms with Crippen LogP contribution in [-0.2, 0) is 6.54 Å². The summed E-state index contributed by atoms with van der Waals surface area (Å²) in [5.41, 5.74) is 6.90. The number of nitrogens with zero attached hydrogens (tertiary/aromatic N) is 3. The highest BCUT2D eigenvalue weighted by atomic mass is 19.1. The van der Waals surface area contributed by atoms with Gasteiger partial charge in [0, 0.05) is 24.8 Å². The summed E-state index contributed by atoms with van der Waals surface area (Å²) in [6.45, 7) is 8.69. The predicted octanol–water partition coefficient (Wildman–Crippen LogP) is 6.83. The number of hydrogen-bond donors (Lipinski definition) is 0. The summed E-state index contributed by atoms with van der Waals surface area (Å²) in [5.74, 6) is -0.208. The van der Waals surface area contributed by atoms with Crippen molar-refractivity contribution in [2.45, 2.75) is 33.4 Å². The molecule has 4 rings (SSSR count). The summed E-state index contributed by atoms with van der Waals surface area (Å²) >= 11 is 0. The lowest BCUT2D eigenvalue weighted by atomic mass is 9.97. The van der Waals surface area contributed by atoms with E-state index in [9.17, 15) is 4.39 Å². The van der Waals surface area contributed by atoms with Gasteiger partial charge < -0.3 is 0 Å². The van der Waals surface area contributed by atoms with Crippen LogP contribution in [0.25, 0.3) is 5.57 Å². The van der Waals surface area contributed by atoms with E-state index in [1.807, 2.05) is 31.2 Å². The molecule has 1 atom stereocenters. The molecule has 3 aromatic carbocycles. The Morgan fingerprint density at radius 3 is 2.03 bits per heavy atom. The van der Waals surface area contributed by atoms with E-state index in [4.69, 9.17) is 0 Å². The molecule has 0 unspecified atom stereocenters. The van der Waals surface area contributed by atoms with Gasteiger partial charge in [-0.05, 0) is 61.2 Å². The second-order valence-corrected chi connectivity index (χ2v) is 8.72. The normalized spacial score (nSPS) is 12.0. The van der Waals surface area contributed by atoms with E-state index in [1.165, 1.54) is 16.7 Å². The van der Waals surface area contributed by atoms with Gasteiger partial charge in [-0.15, -0.1) is 0 Å². The van der Waals surface area contributed by atoms with Gasteiger partial charge in [-0.25, -0.2) is 4.39 Å². The molecule has 4 aromatic rings. The molecule has 34 heavy (non-hydrogen) atoms. The van der Waals surface area contributed by atoms with Crippen molar-refractivity contribution < 1.29 is 4.39 Å². The average Bonchev–Trinajstić information content (AvgIpc) is 3.19. The van der Waals surface area contributed by atoms with Gasteiger partial charge in [-0.3, -0.25) is 9.58 Å². The molecule has 0 radical (unpaired) electrons. The van der Waals surface area contributed by atoms with Gasteiger partial charge in [0.2, 0.25) is 0 Å². The second kappa shape index (κ2) is 11.1. The summed E-state index contributed by atoms with van der Waals surface area (Å²) < 4.78 is 15.6. The van der Waals surface area contributed by atoms with Crippen molar-refractivity contribution >= 4 is 5.57 Å². The zero-order chi connectivity index (χ0) is 23.9. The van der Waals surface area contributed by atoms with Gasteiger partial charge in [0.05, 0.1) is 12.2 Å². The van der Waals surface area contributed by atoms with E-state index in [2.05, 4.69) is 89.2 Å². The van der Waals surface area contributed by atoms with E-state index in [0.29, 0.717) is 0 Å². The van der Waals surface area contributed by atoms with Crippen molar-refractivity contribution in [3.8, 4) is 0 Å². The largest absolute Gasteiger partial charge is 0.291 e. The smallest absolute Gasteiger partial charge is 0.123 e. The van der Waals surface area contributed by atoms with Crippen LogP contribution in [0, 0.1) is 19.7 Å². The Morgan fingerprint density at radius 1 is 0.912 bits per heavy atom. The Hall–Kier alpha value is -3.50. The third kappa shape index (κ3) is 5.89. The first-order valence-corrected chi connectivity index (χ1v) is 11.8. The summed E-state index contributed by atoms with van der Waals surface area (Å²) in [5, 5.41) is 4.64.